The first-order chi connectivity index (χ1) is 43.8. The van der Waals surface area contributed by atoms with Gasteiger partial charge in [-0.1, -0.05) is 118 Å². The molecule has 0 atom stereocenters. The van der Waals surface area contributed by atoms with E-state index in [2.05, 4.69) is 153 Å². The van der Waals surface area contributed by atoms with Crippen LogP contribution in [0, 0.1) is 52.0 Å². The van der Waals surface area contributed by atoms with Gasteiger partial charge in [-0.3, -0.25) is 24.5 Å². The minimum atomic E-state index is -5.84. The van der Waals surface area contributed by atoms with Crippen LogP contribution in [0.1, 0.15) is 75.2 Å². The predicted molar refractivity (Wildman–Crippen MR) is 365 cm³/mol. The molecule has 12 aromatic rings. The third kappa shape index (κ3) is 25.1. The molecule has 12 rings (SSSR count). The van der Waals surface area contributed by atoms with Crippen molar-refractivity contribution in [3.63, 3.8) is 0 Å². The Balaban J connectivity index is 0.000000299. The van der Waals surface area contributed by atoms with Crippen LogP contribution >= 0.6 is 0 Å². The molecular weight excluding hydrogens is 1560 g/mol. The molecule has 3 N–H and O–H groups in total. The summed E-state index contributed by atoms with van der Waals surface area (Å²) in [5.74, 6) is 0. The fraction of sp³-hybridized carbons (Fsp3) is 0.197. The second kappa shape index (κ2) is 38.7. The normalized spacial score (nSPS) is 10.6. The summed E-state index contributed by atoms with van der Waals surface area (Å²) in [6, 6.07) is 77.2. The van der Waals surface area contributed by atoms with Crippen molar-refractivity contribution in [3.8, 4) is 56.3 Å². The number of fused-ring (bicyclic) bond motifs is 2. The van der Waals surface area contributed by atoms with Gasteiger partial charge < -0.3 is 25.2 Å². The molecule has 18 heteroatoms. The summed E-state index contributed by atoms with van der Waals surface area (Å²) < 4.78 is 57.5. The largest absolute Gasteiger partial charge is 0.522 e. The fourth-order valence-electron chi connectivity index (χ4n) is 8.62. The second-order valence-corrected chi connectivity index (χ2v) is 23.7. The van der Waals surface area contributed by atoms with E-state index in [4.69, 9.17) is 33.2 Å². The summed E-state index contributed by atoms with van der Waals surface area (Å²) >= 11 is 0. The van der Waals surface area contributed by atoms with Gasteiger partial charge in [0.1, 0.15) is 0 Å². The number of halogens is 3. The summed E-state index contributed by atoms with van der Waals surface area (Å²) in [6.07, 6.45) is 9.09. The van der Waals surface area contributed by atoms with Crippen LogP contribution in [0.25, 0.3) is 78.1 Å². The standard InChI is InChI=1S/C20H22N2.C20H21N2.3C11H8N.CHF3O3S.2CH4O.2Ir/c2*1-13-8-9-21-18(10-13)16-11-15-7-6-14(2)22-19(15)17(12-16)20(3,4)5;3*1-2-6-10(7-3-1)11-8-4-5-9-12-11;2-1(3,4)8(5,6)7;2*1-2;;/h6-12H,1-5H3;6-10,12H,1-5H3;3*1-6,8-9H;(H,5,6,7);2*2H,1H3;;/q;4*-1;;;;;. The number of benzene rings is 5. The van der Waals surface area contributed by atoms with Crippen molar-refractivity contribution in [2.24, 2.45) is 0 Å². The van der Waals surface area contributed by atoms with Crippen LogP contribution < -0.4 is 0 Å². The van der Waals surface area contributed by atoms with Gasteiger partial charge in [-0.25, -0.2) is 0 Å². The third-order valence-electron chi connectivity index (χ3n) is 13.0. The summed E-state index contributed by atoms with van der Waals surface area (Å²) in [6.45, 7) is 21.6. The molecule has 12 nitrogen and oxygen atoms in total. The molecule has 0 aliphatic carbocycles. The zero-order chi connectivity index (χ0) is 67.5. The maximum atomic E-state index is 10.7. The molecule has 0 unspecified atom stereocenters. The average Bonchev–Trinajstić information content (AvgIpc) is 0.782. The fourth-order valence-corrected chi connectivity index (χ4v) is 8.62. The first kappa shape index (κ1) is 79.8. The molecule has 0 bridgehead atoms. The van der Waals surface area contributed by atoms with Crippen molar-refractivity contribution in [2.75, 3.05) is 14.2 Å². The molecule has 5 aromatic carbocycles. The Bertz CT molecular complexity index is 3860. The number of pyridine rings is 7. The zero-order valence-corrected chi connectivity index (χ0v) is 60.0. The first-order valence-electron chi connectivity index (χ1n) is 29.0. The van der Waals surface area contributed by atoms with E-state index in [1.807, 2.05) is 172 Å². The molecule has 494 valence electrons. The summed E-state index contributed by atoms with van der Waals surface area (Å²) in [4.78, 5) is 31.2. The molecule has 2 radical (unpaired) electrons. The molecule has 0 aliphatic rings. The predicted octanol–water partition coefficient (Wildman–Crippen LogP) is 17.5. The second-order valence-electron chi connectivity index (χ2n) is 22.3. The monoisotopic (exact) mass is 1640 g/mol. The molecule has 0 saturated heterocycles. The quantitative estimate of drug-likeness (QED) is 0.0843. The Morgan fingerprint density at radius 3 is 1.15 bits per heavy atom. The van der Waals surface area contributed by atoms with Crippen molar-refractivity contribution >= 4 is 31.9 Å². The van der Waals surface area contributed by atoms with E-state index < -0.39 is 15.6 Å². The SMILES string of the molecule is CO.CO.Cc1ccnc(-c2[c-]c3ccc(C)nc3c(C(C)(C)C)c2)c1.Cc1ccnc(-c2cc(C(C)(C)C)c3nc(C)ccc3c2)c1.O=S(=O)(O)C(F)(F)F.[Ir].[Ir].[c-]1ccccc1-c1ccccn1.[c-]1ccccc1-c1ccccn1.[c-]1ccccc1-c1ccccn1. The van der Waals surface area contributed by atoms with Gasteiger partial charge in [-0.15, -0.1) is 126 Å². The van der Waals surface area contributed by atoms with E-state index in [-0.39, 0.29) is 51.0 Å². The van der Waals surface area contributed by atoms with Crippen molar-refractivity contribution in [1.82, 2.24) is 34.9 Å². The number of alkyl halides is 3. The van der Waals surface area contributed by atoms with E-state index in [9.17, 15) is 13.2 Å². The average molecular weight is 1640 g/mol. The van der Waals surface area contributed by atoms with Crippen LogP contribution in [0.2, 0.25) is 0 Å². The molecule has 0 saturated carbocycles. The van der Waals surface area contributed by atoms with Gasteiger partial charge in [0.15, 0.2) is 0 Å². The van der Waals surface area contributed by atoms with Crippen LogP contribution in [-0.4, -0.2) is 77.8 Å². The number of aryl methyl sites for hydroxylation is 4. The summed E-state index contributed by atoms with van der Waals surface area (Å²) in [5, 5.41) is 16.2. The van der Waals surface area contributed by atoms with Gasteiger partial charge in [0.2, 0.25) is 0 Å². The van der Waals surface area contributed by atoms with Crippen LogP contribution in [0.4, 0.5) is 13.2 Å². The Hall–Kier alpha value is -8.41. The van der Waals surface area contributed by atoms with E-state index in [0.29, 0.717) is 0 Å². The minimum absolute atomic E-state index is 0. The Morgan fingerprint density at radius 2 is 0.777 bits per heavy atom. The number of aromatic nitrogens is 7. The van der Waals surface area contributed by atoms with E-state index >= 15 is 0 Å². The van der Waals surface area contributed by atoms with Gasteiger partial charge in [-0.05, 0) is 121 Å². The molecule has 94 heavy (non-hydrogen) atoms. The molecule has 0 aliphatic heterocycles. The van der Waals surface area contributed by atoms with Gasteiger partial charge in [-0.2, -0.15) is 21.6 Å². The molecule has 7 heterocycles. The molecule has 0 spiro atoms. The number of aliphatic hydroxyl groups excluding tert-OH is 2. The zero-order valence-electron chi connectivity index (χ0n) is 54.4. The molecular formula is C76H76F3Ir2N7O5S-4. The summed E-state index contributed by atoms with van der Waals surface area (Å²) in [7, 11) is -3.84. The van der Waals surface area contributed by atoms with E-state index in [0.717, 1.165) is 98.3 Å². The smallest absolute Gasteiger partial charge is 0.400 e. The number of hydrogen-bond acceptors (Lipinski definition) is 11. The van der Waals surface area contributed by atoms with Gasteiger partial charge in [0, 0.05) is 119 Å². The Kier molecular flexibility index (Phi) is 32.9. The third-order valence-corrected chi connectivity index (χ3v) is 13.6. The topological polar surface area (TPSA) is 185 Å². The van der Waals surface area contributed by atoms with Crippen LogP contribution in [-0.2, 0) is 61.2 Å². The van der Waals surface area contributed by atoms with Crippen LogP contribution in [0.15, 0.2) is 225 Å². The van der Waals surface area contributed by atoms with Gasteiger partial charge >= 0.3 is 15.6 Å². The molecule has 0 fully saturated rings. The Morgan fingerprint density at radius 1 is 0.404 bits per heavy atom. The molecule has 7 aromatic heterocycles. The van der Waals surface area contributed by atoms with Gasteiger partial charge in [0.05, 0.1) is 11.2 Å². The maximum absolute atomic E-state index is 10.7. The van der Waals surface area contributed by atoms with Crippen LogP contribution in [0.5, 0.6) is 0 Å². The van der Waals surface area contributed by atoms with E-state index in [1.165, 1.54) is 27.6 Å². The maximum Gasteiger partial charge on any atom is 0.522 e. The number of aliphatic hydroxyl groups is 2. The summed E-state index contributed by atoms with van der Waals surface area (Å²) in [5.41, 5.74) is 13.9. The van der Waals surface area contributed by atoms with E-state index in [1.54, 1.807) is 18.6 Å². The van der Waals surface area contributed by atoms with Crippen molar-refractivity contribution in [1.29, 1.82) is 0 Å². The van der Waals surface area contributed by atoms with Crippen LogP contribution in [0.3, 0.4) is 0 Å². The number of rotatable bonds is 5. The minimum Gasteiger partial charge on any atom is -0.400 e. The van der Waals surface area contributed by atoms with Crippen molar-refractivity contribution in [2.45, 2.75) is 85.6 Å². The van der Waals surface area contributed by atoms with Crippen molar-refractivity contribution < 1.29 is 76.6 Å². The first-order valence-corrected chi connectivity index (χ1v) is 30.5. The Labute approximate surface area is 578 Å². The number of nitrogens with zero attached hydrogens (tertiary/aromatic N) is 7. The van der Waals surface area contributed by atoms with Crippen molar-refractivity contribution in [3.05, 3.63) is 283 Å². The van der Waals surface area contributed by atoms with Gasteiger partial charge in [0.25, 0.3) is 0 Å². The number of hydrogen-bond donors (Lipinski definition) is 3. The molecule has 0 amide bonds.